The topological polar surface area (TPSA) is 33.5 Å². The minimum absolute atomic E-state index is 0.119. The number of thiol groups is 1. The number of rotatable bonds is 1. The van der Waals surface area contributed by atoms with E-state index in [0.29, 0.717) is 13.0 Å². The summed E-state index contributed by atoms with van der Waals surface area (Å²) in [4.78, 5) is 13.7. The zero-order chi connectivity index (χ0) is 13.7. The Bertz CT molecular complexity index is 824. The van der Waals surface area contributed by atoms with Gasteiger partial charge < -0.3 is 9.32 Å². The van der Waals surface area contributed by atoms with E-state index in [1.807, 2.05) is 42.5 Å². The van der Waals surface area contributed by atoms with Crippen molar-refractivity contribution in [2.24, 2.45) is 0 Å². The number of hydrogen-bond donors (Lipinski definition) is 1. The maximum atomic E-state index is 11.9. The second-order valence-electron chi connectivity index (χ2n) is 5.14. The van der Waals surface area contributed by atoms with Gasteiger partial charge in [-0.15, -0.1) is 0 Å². The molecule has 0 saturated carbocycles. The summed E-state index contributed by atoms with van der Waals surface area (Å²) in [7, 11) is 0. The normalized spacial score (nSPS) is 19.4. The number of amides is 1. The van der Waals surface area contributed by atoms with Crippen molar-refractivity contribution in [1.82, 2.24) is 0 Å². The van der Waals surface area contributed by atoms with Crippen molar-refractivity contribution in [2.45, 2.75) is 11.7 Å². The molecule has 1 atom stereocenters. The summed E-state index contributed by atoms with van der Waals surface area (Å²) in [6.45, 7) is 0.660. The number of fused-ring (bicyclic) bond motifs is 3. The van der Waals surface area contributed by atoms with Gasteiger partial charge in [0.25, 0.3) is 0 Å². The molecule has 1 aliphatic rings. The van der Waals surface area contributed by atoms with Crippen molar-refractivity contribution in [3.63, 3.8) is 0 Å². The summed E-state index contributed by atoms with van der Waals surface area (Å²) in [6, 6.07) is 13.9. The van der Waals surface area contributed by atoms with Gasteiger partial charge in [-0.1, -0.05) is 18.2 Å². The fourth-order valence-corrected chi connectivity index (χ4v) is 3.14. The molecule has 100 valence electrons. The van der Waals surface area contributed by atoms with Crippen molar-refractivity contribution >= 4 is 46.2 Å². The molecule has 2 heterocycles. The number of carbonyl (C=O) groups is 1. The van der Waals surface area contributed by atoms with Gasteiger partial charge in [-0.05, 0) is 18.2 Å². The lowest BCUT2D eigenvalue weighted by Crippen LogP contribution is -2.24. The third-order valence-corrected chi connectivity index (χ3v) is 4.12. The first-order chi connectivity index (χ1) is 9.72. The maximum Gasteiger partial charge on any atom is 0.228 e. The van der Waals surface area contributed by atoms with Crippen LogP contribution in [0.4, 0.5) is 5.69 Å². The summed E-state index contributed by atoms with van der Waals surface area (Å²) >= 11 is 4.39. The van der Waals surface area contributed by atoms with E-state index in [-0.39, 0.29) is 11.2 Å². The molecule has 1 fully saturated rings. The predicted molar refractivity (Wildman–Crippen MR) is 83.5 cm³/mol. The van der Waals surface area contributed by atoms with Crippen LogP contribution < -0.4 is 4.90 Å². The van der Waals surface area contributed by atoms with E-state index in [4.69, 9.17) is 4.42 Å². The van der Waals surface area contributed by atoms with E-state index in [1.165, 1.54) is 0 Å². The van der Waals surface area contributed by atoms with Gasteiger partial charge in [0.05, 0.1) is 0 Å². The highest BCUT2D eigenvalue weighted by Gasteiger charge is 2.28. The molecule has 0 aliphatic carbocycles. The number of carbonyl (C=O) groups excluding carboxylic acids is 1. The minimum atomic E-state index is 0.119. The van der Waals surface area contributed by atoms with Crippen molar-refractivity contribution in [3.8, 4) is 0 Å². The Morgan fingerprint density at radius 1 is 1.10 bits per heavy atom. The van der Waals surface area contributed by atoms with Crippen molar-refractivity contribution in [1.29, 1.82) is 0 Å². The molecule has 20 heavy (non-hydrogen) atoms. The quantitative estimate of drug-likeness (QED) is 0.692. The Labute approximate surface area is 121 Å². The fourth-order valence-electron chi connectivity index (χ4n) is 2.82. The molecule has 0 radical (unpaired) electrons. The largest absolute Gasteiger partial charge is 0.456 e. The van der Waals surface area contributed by atoms with Crippen LogP contribution in [-0.4, -0.2) is 17.7 Å². The highest BCUT2D eigenvalue weighted by molar-refractivity contribution is 7.81. The van der Waals surface area contributed by atoms with Gasteiger partial charge in [-0.2, -0.15) is 12.6 Å². The first kappa shape index (κ1) is 11.9. The average molecular weight is 283 g/mol. The molecule has 3 aromatic rings. The van der Waals surface area contributed by atoms with Gasteiger partial charge in [0, 0.05) is 40.7 Å². The van der Waals surface area contributed by atoms with Crippen LogP contribution in [0.5, 0.6) is 0 Å². The van der Waals surface area contributed by atoms with Crippen LogP contribution in [0.25, 0.3) is 21.9 Å². The number of anilines is 1. The van der Waals surface area contributed by atoms with Gasteiger partial charge in [0.15, 0.2) is 0 Å². The molecule has 0 spiro atoms. The lowest BCUT2D eigenvalue weighted by Gasteiger charge is -2.15. The van der Waals surface area contributed by atoms with Crippen LogP contribution in [0, 0.1) is 0 Å². The molecule has 3 nitrogen and oxygen atoms in total. The zero-order valence-corrected chi connectivity index (χ0v) is 11.6. The average Bonchev–Trinajstić information content (AvgIpc) is 2.97. The smallest absolute Gasteiger partial charge is 0.228 e. The molecular formula is C16H13NO2S. The molecule has 2 aromatic carbocycles. The van der Waals surface area contributed by atoms with Crippen LogP contribution >= 0.6 is 12.6 Å². The standard InChI is InChI=1S/C16H13NO2S/c18-16-8-11(20)9-17(16)10-5-6-13-12-3-1-2-4-14(12)19-15(13)7-10/h1-7,11,20H,8-9H2. The number of nitrogens with zero attached hydrogens (tertiary/aromatic N) is 1. The lowest BCUT2D eigenvalue weighted by atomic mass is 10.1. The second-order valence-corrected chi connectivity index (χ2v) is 5.87. The zero-order valence-electron chi connectivity index (χ0n) is 10.7. The molecule has 1 amide bonds. The molecule has 0 N–H and O–H groups in total. The Morgan fingerprint density at radius 2 is 1.90 bits per heavy atom. The van der Waals surface area contributed by atoms with Gasteiger partial charge in [-0.25, -0.2) is 0 Å². The molecule has 1 unspecified atom stereocenters. The highest BCUT2D eigenvalue weighted by Crippen LogP contribution is 2.33. The van der Waals surface area contributed by atoms with Crippen LogP contribution in [0.2, 0.25) is 0 Å². The minimum Gasteiger partial charge on any atom is -0.456 e. The summed E-state index contributed by atoms with van der Waals surface area (Å²) < 4.78 is 5.86. The highest BCUT2D eigenvalue weighted by atomic mass is 32.1. The SMILES string of the molecule is O=C1CC(S)CN1c1ccc2c(c1)oc1ccccc12. The molecule has 0 bridgehead atoms. The summed E-state index contributed by atoms with van der Waals surface area (Å²) in [5, 5.41) is 2.31. The lowest BCUT2D eigenvalue weighted by molar-refractivity contribution is -0.117. The van der Waals surface area contributed by atoms with Crippen LogP contribution in [0.3, 0.4) is 0 Å². The molecule has 1 saturated heterocycles. The van der Waals surface area contributed by atoms with E-state index in [1.54, 1.807) is 4.90 Å². The first-order valence-corrected chi connectivity index (χ1v) is 7.14. The molecule has 4 heteroatoms. The third kappa shape index (κ3) is 1.72. The summed E-state index contributed by atoms with van der Waals surface area (Å²) in [5.74, 6) is 0.125. The van der Waals surface area contributed by atoms with Crippen LogP contribution in [0.1, 0.15) is 6.42 Å². The van der Waals surface area contributed by atoms with Crippen molar-refractivity contribution in [2.75, 3.05) is 11.4 Å². The maximum absolute atomic E-state index is 11.9. The second kappa shape index (κ2) is 4.28. The van der Waals surface area contributed by atoms with E-state index in [2.05, 4.69) is 12.6 Å². The Kier molecular flexibility index (Phi) is 2.54. The number of para-hydroxylation sites is 1. The predicted octanol–water partition coefficient (Wildman–Crippen LogP) is 3.62. The fraction of sp³-hybridized carbons (Fsp3) is 0.188. The summed E-state index contributed by atoms with van der Waals surface area (Å²) in [6.07, 6.45) is 0.501. The van der Waals surface area contributed by atoms with E-state index < -0.39 is 0 Å². The summed E-state index contributed by atoms with van der Waals surface area (Å²) in [5.41, 5.74) is 2.58. The number of hydrogen-bond acceptors (Lipinski definition) is 3. The van der Waals surface area contributed by atoms with Crippen LogP contribution in [-0.2, 0) is 4.79 Å². The Balaban J connectivity index is 1.87. The molecule has 1 aromatic heterocycles. The van der Waals surface area contributed by atoms with Gasteiger partial charge >= 0.3 is 0 Å². The van der Waals surface area contributed by atoms with Gasteiger partial charge in [-0.3, -0.25) is 4.79 Å². The van der Waals surface area contributed by atoms with Gasteiger partial charge in [0.2, 0.25) is 5.91 Å². The van der Waals surface area contributed by atoms with E-state index in [0.717, 1.165) is 27.6 Å². The third-order valence-electron chi connectivity index (χ3n) is 3.78. The Hall–Kier alpha value is -1.94. The Morgan fingerprint density at radius 3 is 2.70 bits per heavy atom. The van der Waals surface area contributed by atoms with E-state index in [9.17, 15) is 4.79 Å². The molecule has 4 rings (SSSR count). The number of benzene rings is 2. The van der Waals surface area contributed by atoms with Gasteiger partial charge in [0.1, 0.15) is 11.2 Å². The molecule has 1 aliphatic heterocycles. The molecular weight excluding hydrogens is 270 g/mol. The number of furan rings is 1. The van der Waals surface area contributed by atoms with E-state index >= 15 is 0 Å². The van der Waals surface area contributed by atoms with Crippen molar-refractivity contribution in [3.05, 3.63) is 42.5 Å². The monoisotopic (exact) mass is 283 g/mol. The van der Waals surface area contributed by atoms with Crippen molar-refractivity contribution < 1.29 is 9.21 Å². The van der Waals surface area contributed by atoms with Crippen LogP contribution in [0.15, 0.2) is 46.9 Å². The first-order valence-electron chi connectivity index (χ1n) is 6.62.